The van der Waals surface area contributed by atoms with Crippen LogP contribution in [0.3, 0.4) is 0 Å². The molecule has 0 aliphatic carbocycles. The van der Waals surface area contributed by atoms with Gasteiger partial charge in [-0.2, -0.15) is 0 Å². The van der Waals surface area contributed by atoms with Gasteiger partial charge in [-0.05, 0) is 29.8 Å². The molecule has 2 N–H and O–H groups in total. The van der Waals surface area contributed by atoms with Crippen LogP contribution in [-0.2, 0) is 0 Å². The molecule has 5 heteroatoms. The molecule has 0 aromatic carbocycles. The summed E-state index contributed by atoms with van der Waals surface area (Å²) in [6.45, 7) is 3.91. The van der Waals surface area contributed by atoms with E-state index < -0.39 is 0 Å². The highest BCUT2D eigenvalue weighted by atomic mass is 79.9. The Morgan fingerprint density at radius 3 is 2.77 bits per heavy atom. The van der Waals surface area contributed by atoms with E-state index in [0.717, 1.165) is 21.6 Å². The quantitative estimate of drug-likeness (QED) is 0.763. The van der Waals surface area contributed by atoms with Gasteiger partial charge in [-0.25, -0.2) is 9.97 Å². The van der Waals surface area contributed by atoms with Crippen molar-refractivity contribution in [1.82, 2.24) is 14.4 Å². The van der Waals surface area contributed by atoms with Crippen LogP contribution in [0.2, 0.25) is 0 Å². The normalized spacial score (nSPS) is 11.0. The lowest BCUT2D eigenvalue weighted by Gasteiger charge is -2.02. The molecule has 4 nitrogen and oxygen atoms in total. The number of hydrogen-bond donors (Lipinski definition) is 1. The molecule has 0 saturated heterocycles. The number of rotatable bonds is 0. The van der Waals surface area contributed by atoms with Crippen molar-refractivity contribution in [2.24, 2.45) is 0 Å². The first-order valence-electron chi connectivity index (χ1n) is 3.87. The van der Waals surface area contributed by atoms with Crippen molar-refractivity contribution >= 4 is 27.3 Å². The maximum Gasteiger partial charge on any atom is 0.150 e. The van der Waals surface area contributed by atoms with Gasteiger partial charge in [0.25, 0.3) is 0 Å². The van der Waals surface area contributed by atoms with E-state index >= 15 is 0 Å². The summed E-state index contributed by atoms with van der Waals surface area (Å²) in [5.41, 5.74) is 7.61. The van der Waals surface area contributed by atoms with Gasteiger partial charge < -0.3 is 5.73 Å². The van der Waals surface area contributed by atoms with Crippen molar-refractivity contribution in [3.8, 4) is 0 Å². The number of aromatic nitrogens is 3. The molecule has 0 radical (unpaired) electrons. The minimum absolute atomic E-state index is 0.498. The van der Waals surface area contributed by atoms with Crippen LogP contribution in [0, 0.1) is 13.8 Å². The number of nitrogens with two attached hydrogens (primary N) is 1. The van der Waals surface area contributed by atoms with Crippen molar-refractivity contribution in [2.75, 3.05) is 5.73 Å². The lowest BCUT2D eigenvalue weighted by molar-refractivity contribution is 0.977. The molecular formula is C8H9BrN4. The van der Waals surface area contributed by atoms with Crippen molar-refractivity contribution < 1.29 is 0 Å². The largest absolute Gasteiger partial charge is 0.382 e. The topological polar surface area (TPSA) is 56.2 Å². The monoisotopic (exact) mass is 240 g/mol. The summed E-state index contributed by atoms with van der Waals surface area (Å²) in [5, 5.41) is 0. The van der Waals surface area contributed by atoms with Crippen LogP contribution in [0.25, 0.3) is 5.52 Å². The molecule has 2 aromatic rings. The molecule has 13 heavy (non-hydrogen) atoms. The smallest absolute Gasteiger partial charge is 0.150 e. The van der Waals surface area contributed by atoms with Gasteiger partial charge in [0.2, 0.25) is 0 Å². The Kier molecular flexibility index (Phi) is 1.76. The number of imidazole rings is 1. The Balaban J connectivity index is 3.03. The van der Waals surface area contributed by atoms with Crippen LogP contribution in [0.5, 0.6) is 0 Å². The molecule has 0 spiro atoms. The molecule has 68 valence electrons. The molecule has 0 bridgehead atoms. The predicted octanol–water partition coefficient (Wildman–Crippen LogP) is 1.69. The maximum absolute atomic E-state index is 5.74. The standard InChI is InChI=1S/C8H9BrN4/c1-4-3-11-8(10)6-7(9)12-5(2)13(4)6/h3H,1-2H3,(H2,10,11). The molecule has 2 aromatic heterocycles. The molecule has 2 rings (SSSR count). The van der Waals surface area contributed by atoms with Crippen LogP contribution >= 0.6 is 15.9 Å². The molecule has 0 fully saturated rings. The van der Waals surface area contributed by atoms with Crippen LogP contribution in [0.4, 0.5) is 5.82 Å². The Labute approximate surface area is 83.9 Å². The highest BCUT2D eigenvalue weighted by Gasteiger charge is 2.10. The van der Waals surface area contributed by atoms with Crippen molar-refractivity contribution in [3.05, 3.63) is 22.3 Å². The highest BCUT2D eigenvalue weighted by molar-refractivity contribution is 9.10. The Morgan fingerprint density at radius 2 is 2.15 bits per heavy atom. The minimum Gasteiger partial charge on any atom is -0.382 e. The van der Waals surface area contributed by atoms with E-state index in [0.29, 0.717) is 5.82 Å². The van der Waals surface area contributed by atoms with E-state index in [4.69, 9.17) is 5.73 Å². The number of anilines is 1. The molecule has 0 unspecified atom stereocenters. The molecule has 0 aliphatic heterocycles. The summed E-state index contributed by atoms with van der Waals surface area (Å²) in [5.74, 6) is 1.41. The first-order valence-corrected chi connectivity index (χ1v) is 4.66. The lowest BCUT2D eigenvalue weighted by atomic mass is 10.4. The van der Waals surface area contributed by atoms with Crippen molar-refractivity contribution in [3.63, 3.8) is 0 Å². The second kappa shape index (κ2) is 2.70. The number of nitrogen functional groups attached to an aromatic ring is 1. The molecule has 0 amide bonds. The van der Waals surface area contributed by atoms with Gasteiger partial charge in [-0.15, -0.1) is 0 Å². The SMILES string of the molecule is Cc1cnc(N)c2c(Br)nc(C)n12. The Hall–Kier alpha value is -1.10. The van der Waals surface area contributed by atoms with Gasteiger partial charge in [0, 0.05) is 11.9 Å². The van der Waals surface area contributed by atoms with Crippen LogP contribution < -0.4 is 5.73 Å². The van der Waals surface area contributed by atoms with Gasteiger partial charge >= 0.3 is 0 Å². The average Bonchev–Trinajstić information content (AvgIpc) is 2.36. The lowest BCUT2D eigenvalue weighted by Crippen LogP contribution is -2.00. The van der Waals surface area contributed by atoms with Crippen LogP contribution in [0.1, 0.15) is 11.5 Å². The minimum atomic E-state index is 0.498. The van der Waals surface area contributed by atoms with Gasteiger partial charge in [0.05, 0.1) is 0 Å². The van der Waals surface area contributed by atoms with E-state index in [1.807, 2.05) is 18.2 Å². The second-order valence-corrected chi connectivity index (χ2v) is 3.67. The van der Waals surface area contributed by atoms with E-state index in [-0.39, 0.29) is 0 Å². The van der Waals surface area contributed by atoms with Crippen LogP contribution in [0.15, 0.2) is 10.8 Å². The molecule has 0 atom stereocenters. The fourth-order valence-corrected chi connectivity index (χ4v) is 2.07. The summed E-state index contributed by atoms with van der Waals surface area (Å²) in [7, 11) is 0. The molecule has 0 aliphatic rings. The first kappa shape index (κ1) is 8.50. The van der Waals surface area contributed by atoms with Crippen molar-refractivity contribution in [1.29, 1.82) is 0 Å². The first-order chi connectivity index (χ1) is 6.11. The Morgan fingerprint density at radius 1 is 1.46 bits per heavy atom. The zero-order valence-electron chi connectivity index (χ0n) is 7.37. The predicted molar refractivity (Wildman–Crippen MR) is 54.6 cm³/mol. The van der Waals surface area contributed by atoms with Gasteiger partial charge in [0.1, 0.15) is 15.9 Å². The van der Waals surface area contributed by atoms with E-state index in [1.54, 1.807) is 6.20 Å². The number of hydrogen-bond acceptors (Lipinski definition) is 3. The third kappa shape index (κ3) is 1.11. The molecule has 0 saturated carbocycles. The van der Waals surface area contributed by atoms with Gasteiger partial charge in [-0.1, -0.05) is 0 Å². The average molecular weight is 241 g/mol. The zero-order valence-corrected chi connectivity index (χ0v) is 8.96. The van der Waals surface area contributed by atoms with Crippen LogP contribution in [-0.4, -0.2) is 14.4 Å². The van der Waals surface area contributed by atoms with E-state index in [2.05, 4.69) is 25.9 Å². The Bertz CT molecular complexity index is 432. The van der Waals surface area contributed by atoms with Crippen molar-refractivity contribution in [2.45, 2.75) is 13.8 Å². The summed E-state index contributed by atoms with van der Waals surface area (Å²) in [6.07, 6.45) is 1.74. The van der Waals surface area contributed by atoms with Gasteiger partial charge in [-0.3, -0.25) is 4.40 Å². The summed E-state index contributed by atoms with van der Waals surface area (Å²) in [6, 6.07) is 0. The zero-order chi connectivity index (χ0) is 9.59. The fourth-order valence-electron chi connectivity index (χ4n) is 1.43. The number of fused-ring (bicyclic) bond motifs is 1. The third-order valence-corrected chi connectivity index (χ3v) is 2.54. The fraction of sp³-hybridized carbons (Fsp3) is 0.250. The summed E-state index contributed by atoms with van der Waals surface area (Å²) >= 11 is 3.35. The van der Waals surface area contributed by atoms with E-state index in [1.165, 1.54) is 0 Å². The summed E-state index contributed by atoms with van der Waals surface area (Å²) in [4.78, 5) is 8.34. The molecular weight excluding hydrogens is 232 g/mol. The summed E-state index contributed by atoms with van der Waals surface area (Å²) < 4.78 is 2.73. The number of aryl methyl sites for hydroxylation is 2. The maximum atomic E-state index is 5.74. The number of halogens is 1. The van der Waals surface area contributed by atoms with Gasteiger partial charge in [0.15, 0.2) is 5.82 Å². The molecule has 2 heterocycles. The number of nitrogens with zero attached hydrogens (tertiary/aromatic N) is 3. The third-order valence-electron chi connectivity index (χ3n) is 1.99. The second-order valence-electron chi connectivity index (χ2n) is 2.92. The highest BCUT2D eigenvalue weighted by Crippen LogP contribution is 2.23. The van der Waals surface area contributed by atoms with E-state index in [9.17, 15) is 0 Å².